The monoisotopic (exact) mass is 184 g/mol. The quantitative estimate of drug-likeness (QED) is 0.290. The normalized spacial score (nSPS) is 12.3. The van der Waals surface area contributed by atoms with Crippen LogP contribution in [0.2, 0.25) is 0 Å². The number of carboxylic acid groups (broad SMARTS) is 2. The van der Waals surface area contributed by atoms with E-state index in [4.69, 9.17) is 10.8 Å². The molecular weight excluding hydrogens is 178 g/mol. The summed E-state index contributed by atoms with van der Waals surface area (Å²) in [6.07, 6.45) is 1.85. The summed E-state index contributed by atoms with van der Waals surface area (Å²) in [7, 11) is 0. The first-order chi connectivity index (χ1) is 6.00. The molecular formula is C7H6NO5-. The Kier molecular flexibility index (Phi) is 3.94. The smallest absolute Gasteiger partial charge is 0.352 e. The molecule has 3 N–H and O–H groups in total. The molecule has 0 bridgehead atoms. The summed E-state index contributed by atoms with van der Waals surface area (Å²) in [4.78, 5) is 30.3. The van der Waals surface area contributed by atoms with Gasteiger partial charge < -0.3 is 20.7 Å². The van der Waals surface area contributed by atoms with Gasteiger partial charge in [-0.25, -0.2) is 4.79 Å². The topological polar surface area (TPSA) is 121 Å². The molecule has 0 aliphatic carbocycles. The summed E-state index contributed by atoms with van der Waals surface area (Å²) in [6, 6.07) is 0. The molecule has 0 aliphatic rings. The molecule has 13 heavy (non-hydrogen) atoms. The van der Waals surface area contributed by atoms with Crippen LogP contribution in [0, 0.1) is 0 Å². The number of nitrogens with two attached hydrogens (primary N) is 1. The van der Waals surface area contributed by atoms with Crippen LogP contribution in [-0.4, -0.2) is 23.3 Å². The first-order valence-electron chi connectivity index (χ1n) is 3.07. The molecule has 0 spiro atoms. The highest BCUT2D eigenvalue weighted by atomic mass is 16.4. The van der Waals surface area contributed by atoms with Gasteiger partial charge in [0.05, 0.1) is 5.97 Å². The zero-order valence-electron chi connectivity index (χ0n) is 6.39. The zero-order valence-corrected chi connectivity index (χ0v) is 6.39. The molecule has 0 unspecified atom stereocenters. The first kappa shape index (κ1) is 10.9. The van der Waals surface area contributed by atoms with Crippen LogP contribution in [-0.2, 0) is 14.4 Å². The molecule has 0 aromatic carbocycles. The van der Waals surface area contributed by atoms with Gasteiger partial charge in [-0.2, -0.15) is 0 Å². The molecule has 0 fully saturated rings. The van der Waals surface area contributed by atoms with Crippen molar-refractivity contribution in [3.8, 4) is 0 Å². The predicted molar refractivity (Wildman–Crippen MR) is 39.1 cm³/mol. The van der Waals surface area contributed by atoms with E-state index in [2.05, 4.69) is 0 Å². The van der Waals surface area contributed by atoms with Gasteiger partial charge in [0.1, 0.15) is 12.0 Å². The van der Waals surface area contributed by atoms with Gasteiger partial charge in [-0.05, 0) is 12.2 Å². The van der Waals surface area contributed by atoms with Crippen molar-refractivity contribution < 1.29 is 24.6 Å². The molecule has 0 heterocycles. The minimum atomic E-state index is -1.75. The van der Waals surface area contributed by atoms with Gasteiger partial charge in [0.25, 0.3) is 0 Å². The number of rotatable bonds is 4. The third-order valence-electron chi connectivity index (χ3n) is 1.08. The molecule has 6 heteroatoms. The van der Waals surface area contributed by atoms with Crippen LogP contribution < -0.4 is 10.8 Å². The third kappa shape index (κ3) is 3.19. The number of hydrogen-bond donors (Lipinski definition) is 2. The lowest BCUT2D eigenvalue weighted by molar-refractivity contribution is -0.298. The highest BCUT2D eigenvalue weighted by Gasteiger charge is 2.08. The lowest BCUT2D eigenvalue weighted by Crippen LogP contribution is -2.28. The number of aliphatic carboxylic acids is 2. The van der Waals surface area contributed by atoms with Gasteiger partial charge in [0.2, 0.25) is 0 Å². The van der Waals surface area contributed by atoms with Gasteiger partial charge in [0.15, 0.2) is 0 Å². The lowest BCUT2D eigenvalue weighted by Gasteiger charge is -2.04. The van der Waals surface area contributed by atoms with Crippen LogP contribution in [0.1, 0.15) is 0 Å². The molecule has 0 amide bonds. The molecule has 70 valence electrons. The van der Waals surface area contributed by atoms with Crippen LogP contribution >= 0.6 is 0 Å². The van der Waals surface area contributed by atoms with Gasteiger partial charge in [-0.15, -0.1) is 0 Å². The maximum Gasteiger partial charge on any atom is 0.352 e. The van der Waals surface area contributed by atoms with E-state index in [0.29, 0.717) is 0 Å². The fraction of sp³-hybridized carbons (Fsp3) is 0. The van der Waals surface area contributed by atoms with Crippen LogP contribution in [0.5, 0.6) is 0 Å². The molecule has 0 atom stereocenters. The van der Waals surface area contributed by atoms with Gasteiger partial charge in [-0.1, -0.05) is 0 Å². The van der Waals surface area contributed by atoms with Crippen molar-refractivity contribution in [2.24, 2.45) is 5.73 Å². The van der Waals surface area contributed by atoms with Crippen LogP contribution in [0.3, 0.4) is 0 Å². The average molecular weight is 184 g/mol. The summed E-state index contributed by atoms with van der Waals surface area (Å²) in [5.74, 6) is -3.34. The number of aldehydes is 1. The Morgan fingerprint density at radius 3 is 2.23 bits per heavy atom. The van der Waals surface area contributed by atoms with Crippen molar-refractivity contribution in [2.45, 2.75) is 0 Å². The molecule has 0 aromatic rings. The maximum atomic E-state index is 10.3. The van der Waals surface area contributed by atoms with Gasteiger partial charge in [0, 0.05) is 5.57 Å². The number of carbonyl (C=O) groups excluding carboxylic acids is 2. The minimum absolute atomic E-state index is 0.290. The Hall–Kier alpha value is -2.11. The standard InChI is InChI=1S/C7H7NO5/c8-5(7(12)13)4(6(10)11)2-1-3-9/h1-3H,8H2,(H,10,11)(H,12,13)/p-1/b2-1+,5-4+. The fourth-order valence-corrected chi connectivity index (χ4v) is 0.518. The van der Waals surface area contributed by atoms with Gasteiger partial charge >= 0.3 is 5.97 Å². The zero-order chi connectivity index (χ0) is 10.4. The second-order valence-electron chi connectivity index (χ2n) is 1.92. The average Bonchev–Trinajstić information content (AvgIpc) is 2.04. The first-order valence-corrected chi connectivity index (χ1v) is 3.07. The molecule has 0 aliphatic heterocycles. The fourth-order valence-electron chi connectivity index (χ4n) is 0.518. The van der Waals surface area contributed by atoms with Crippen LogP contribution in [0.4, 0.5) is 0 Å². The van der Waals surface area contributed by atoms with E-state index in [1.807, 2.05) is 0 Å². The largest absolute Gasteiger partial charge is 0.545 e. The molecule has 0 aromatic heterocycles. The van der Waals surface area contributed by atoms with E-state index in [1.54, 1.807) is 0 Å². The molecule has 0 saturated carbocycles. The second kappa shape index (κ2) is 4.70. The Morgan fingerprint density at radius 2 is 1.92 bits per heavy atom. The maximum absolute atomic E-state index is 10.3. The molecule has 0 radical (unpaired) electrons. The highest BCUT2D eigenvalue weighted by molar-refractivity contribution is 5.99. The number of carboxylic acids is 2. The molecule has 6 nitrogen and oxygen atoms in total. The van der Waals surface area contributed by atoms with E-state index in [1.165, 1.54) is 0 Å². The summed E-state index contributed by atoms with van der Waals surface area (Å²) in [5.41, 5.74) is 3.28. The lowest BCUT2D eigenvalue weighted by atomic mass is 10.2. The Morgan fingerprint density at radius 1 is 1.38 bits per heavy atom. The SMILES string of the molecule is N/C(C(=O)O)=C(\C=C\C=O)C(=O)[O-]. The van der Waals surface area contributed by atoms with E-state index in [9.17, 15) is 19.5 Å². The van der Waals surface area contributed by atoms with Crippen molar-refractivity contribution in [3.63, 3.8) is 0 Å². The van der Waals surface area contributed by atoms with E-state index in [-0.39, 0.29) is 6.29 Å². The number of allylic oxidation sites excluding steroid dienone is 1. The van der Waals surface area contributed by atoms with Gasteiger partial charge in [-0.3, -0.25) is 4.79 Å². The molecule has 0 rings (SSSR count). The Balaban J connectivity index is 5.11. The number of carbonyl (C=O) groups is 3. The Bertz CT molecular complexity index is 302. The van der Waals surface area contributed by atoms with E-state index >= 15 is 0 Å². The van der Waals surface area contributed by atoms with Crippen molar-refractivity contribution in [1.82, 2.24) is 0 Å². The summed E-state index contributed by atoms with van der Waals surface area (Å²) < 4.78 is 0. The molecule has 0 saturated heterocycles. The van der Waals surface area contributed by atoms with E-state index < -0.39 is 23.2 Å². The van der Waals surface area contributed by atoms with Crippen molar-refractivity contribution in [2.75, 3.05) is 0 Å². The summed E-state index contributed by atoms with van der Waals surface area (Å²) >= 11 is 0. The van der Waals surface area contributed by atoms with E-state index in [0.717, 1.165) is 12.2 Å². The van der Waals surface area contributed by atoms with Crippen molar-refractivity contribution in [3.05, 3.63) is 23.4 Å². The predicted octanol–water partition coefficient (Wildman–Crippen LogP) is -2.21. The van der Waals surface area contributed by atoms with Crippen LogP contribution in [0.15, 0.2) is 23.4 Å². The van der Waals surface area contributed by atoms with Crippen molar-refractivity contribution in [1.29, 1.82) is 0 Å². The number of hydrogen-bond acceptors (Lipinski definition) is 5. The minimum Gasteiger partial charge on any atom is -0.545 e. The second-order valence-corrected chi connectivity index (χ2v) is 1.92. The third-order valence-corrected chi connectivity index (χ3v) is 1.08. The van der Waals surface area contributed by atoms with Crippen LogP contribution in [0.25, 0.3) is 0 Å². The Labute approximate surface area is 73.0 Å². The van der Waals surface area contributed by atoms with Crippen molar-refractivity contribution >= 4 is 18.2 Å². The highest BCUT2D eigenvalue weighted by Crippen LogP contribution is 1.99. The summed E-state index contributed by atoms with van der Waals surface area (Å²) in [6.45, 7) is 0. The summed E-state index contributed by atoms with van der Waals surface area (Å²) in [5, 5.41) is 18.6.